The summed E-state index contributed by atoms with van der Waals surface area (Å²) in [6.45, 7) is 10.8. The van der Waals surface area contributed by atoms with Crippen LogP contribution in [0.25, 0.3) is 0 Å². The molecule has 0 aromatic carbocycles. The van der Waals surface area contributed by atoms with E-state index >= 15 is 0 Å². The highest BCUT2D eigenvalue weighted by Gasteiger charge is 2.29. The van der Waals surface area contributed by atoms with E-state index in [1.54, 1.807) is 6.33 Å². The van der Waals surface area contributed by atoms with Crippen molar-refractivity contribution in [2.24, 2.45) is 0 Å². The summed E-state index contributed by atoms with van der Waals surface area (Å²) >= 11 is 2.07. The summed E-state index contributed by atoms with van der Waals surface area (Å²) in [5, 5.41) is 7.01. The largest absolute Gasteiger partial charge is 0.370 e. The molecule has 0 aliphatic carbocycles. The van der Waals surface area contributed by atoms with Crippen LogP contribution < -0.4 is 10.6 Å². The Bertz CT molecular complexity index is 456. The zero-order valence-electron chi connectivity index (χ0n) is 13.7. The molecule has 2 rings (SSSR count). The van der Waals surface area contributed by atoms with Crippen LogP contribution in [0.5, 0.6) is 0 Å². The molecule has 1 aliphatic rings. The molecule has 5 heteroatoms. The SMILES string of the molecule is CCCNc1ncnc(NCC2(C)CCCS2)c1C(C)C. The Hall–Kier alpha value is -0.970. The molecule has 1 aromatic heterocycles. The van der Waals surface area contributed by atoms with Crippen LogP contribution in [0.1, 0.15) is 58.4 Å². The van der Waals surface area contributed by atoms with Crippen LogP contribution in [-0.2, 0) is 0 Å². The molecule has 118 valence electrons. The lowest BCUT2D eigenvalue weighted by atomic mass is 10.0. The van der Waals surface area contributed by atoms with Gasteiger partial charge in [0.2, 0.25) is 0 Å². The van der Waals surface area contributed by atoms with E-state index in [1.165, 1.54) is 24.2 Å². The first-order chi connectivity index (χ1) is 10.1. The summed E-state index contributed by atoms with van der Waals surface area (Å²) in [5.41, 5.74) is 1.21. The van der Waals surface area contributed by atoms with E-state index in [-0.39, 0.29) is 0 Å². The van der Waals surface area contributed by atoms with Gasteiger partial charge in [0.25, 0.3) is 0 Å². The fourth-order valence-electron chi connectivity index (χ4n) is 2.71. The van der Waals surface area contributed by atoms with Gasteiger partial charge >= 0.3 is 0 Å². The Morgan fingerprint density at radius 2 is 2.00 bits per heavy atom. The van der Waals surface area contributed by atoms with Gasteiger partial charge in [0.05, 0.1) is 0 Å². The van der Waals surface area contributed by atoms with Gasteiger partial charge in [-0.2, -0.15) is 11.8 Å². The summed E-state index contributed by atoms with van der Waals surface area (Å²) in [6, 6.07) is 0. The predicted octanol–water partition coefficient (Wildman–Crippen LogP) is 4.12. The topological polar surface area (TPSA) is 49.8 Å². The highest BCUT2D eigenvalue weighted by Crippen LogP contribution is 2.38. The second-order valence-corrected chi connectivity index (χ2v) is 8.00. The molecule has 1 saturated heterocycles. The molecule has 0 amide bonds. The Morgan fingerprint density at radius 3 is 2.57 bits per heavy atom. The van der Waals surface area contributed by atoms with Gasteiger partial charge in [-0.3, -0.25) is 0 Å². The van der Waals surface area contributed by atoms with E-state index in [0.717, 1.165) is 31.1 Å². The van der Waals surface area contributed by atoms with Crippen LogP contribution in [0.2, 0.25) is 0 Å². The van der Waals surface area contributed by atoms with Crippen molar-refractivity contribution >= 4 is 23.4 Å². The number of aromatic nitrogens is 2. The van der Waals surface area contributed by atoms with Crippen molar-refractivity contribution in [1.82, 2.24) is 9.97 Å². The molecule has 21 heavy (non-hydrogen) atoms. The Balaban J connectivity index is 2.13. The second-order valence-electron chi connectivity index (χ2n) is 6.32. The monoisotopic (exact) mass is 308 g/mol. The van der Waals surface area contributed by atoms with Crippen molar-refractivity contribution in [1.29, 1.82) is 0 Å². The van der Waals surface area contributed by atoms with E-state index in [1.807, 2.05) is 0 Å². The number of thioether (sulfide) groups is 1. The molecule has 1 atom stereocenters. The van der Waals surface area contributed by atoms with Gasteiger partial charge in [0.1, 0.15) is 18.0 Å². The van der Waals surface area contributed by atoms with Gasteiger partial charge in [-0.1, -0.05) is 20.8 Å². The van der Waals surface area contributed by atoms with Crippen molar-refractivity contribution < 1.29 is 0 Å². The highest BCUT2D eigenvalue weighted by molar-refractivity contribution is 8.00. The number of rotatable bonds is 7. The van der Waals surface area contributed by atoms with E-state index in [4.69, 9.17) is 0 Å². The van der Waals surface area contributed by atoms with Gasteiger partial charge in [-0.25, -0.2) is 9.97 Å². The minimum absolute atomic E-state index is 0.343. The Kier molecular flexibility index (Phi) is 5.73. The standard InChI is InChI=1S/C16H28N4S/c1-5-8-17-14-13(12(2)3)15(20-11-19-14)18-10-16(4)7-6-9-21-16/h11-12H,5-10H2,1-4H3,(H2,17,18,19,20). The minimum atomic E-state index is 0.343. The first kappa shape index (κ1) is 16.4. The summed E-state index contributed by atoms with van der Waals surface area (Å²) in [7, 11) is 0. The third-order valence-corrected chi connectivity index (χ3v) is 5.47. The lowest BCUT2D eigenvalue weighted by Crippen LogP contribution is -2.28. The molecule has 1 aliphatic heterocycles. The van der Waals surface area contributed by atoms with E-state index in [0.29, 0.717) is 10.7 Å². The fraction of sp³-hybridized carbons (Fsp3) is 0.750. The first-order valence-electron chi connectivity index (χ1n) is 8.02. The van der Waals surface area contributed by atoms with Crippen LogP contribution in [-0.4, -0.2) is 33.6 Å². The molecule has 1 unspecified atom stereocenters. The predicted molar refractivity (Wildman–Crippen MR) is 93.5 cm³/mol. The third-order valence-electron chi connectivity index (χ3n) is 3.93. The fourth-order valence-corrected chi connectivity index (χ4v) is 3.96. The van der Waals surface area contributed by atoms with Crippen LogP contribution in [0.4, 0.5) is 11.6 Å². The van der Waals surface area contributed by atoms with Crippen LogP contribution >= 0.6 is 11.8 Å². The molecule has 0 bridgehead atoms. The lowest BCUT2D eigenvalue weighted by molar-refractivity contribution is 0.632. The summed E-state index contributed by atoms with van der Waals surface area (Å²) in [4.78, 5) is 8.92. The zero-order valence-corrected chi connectivity index (χ0v) is 14.5. The molecular weight excluding hydrogens is 280 g/mol. The molecule has 2 N–H and O–H groups in total. The van der Waals surface area contributed by atoms with E-state index < -0.39 is 0 Å². The summed E-state index contributed by atoms with van der Waals surface area (Å²) in [6.07, 6.45) is 5.37. The van der Waals surface area contributed by atoms with Gasteiger partial charge < -0.3 is 10.6 Å². The van der Waals surface area contributed by atoms with E-state index in [2.05, 4.69) is 60.1 Å². The maximum absolute atomic E-state index is 4.49. The maximum Gasteiger partial charge on any atom is 0.135 e. The van der Waals surface area contributed by atoms with Gasteiger partial charge in [0, 0.05) is 23.4 Å². The average Bonchev–Trinajstić information content (AvgIpc) is 2.90. The molecule has 0 spiro atoms. The molecule has 0 saturated carbocycles. The number of hydrogen-bond donors (Lipinski definition) is 2. The van der Waals surface area contributed by atoms with Crippen molar-refractivity contribution in [2.75, 3.05) is 29.5 Å². The molecule has 1 aromatic rings. The molecule has 0 radical (unpaired) electrons. The summed E-state index contributed by atoms with van der Waals surface area (Å²) < 4.78 is 0.343. The van der Waals surface area contributed by atoms with Crippen molar-refractivity contribution in [3.63, 3.8) is 0 Å². The molecule has 4 nitrogen and oxygen atoms in total. The maximum atomic E-state index is 4.49. The van der Waals surface area contributed by atoms with Gasteiger partial charge in [0.15, 0.2) is 0 Å². The average molecular weight is 308 g/mol. The Morgan fingerprint density at radius 1 is 1.29 bits per heavy atom. The van der Waals surface area contributed by atoms with Crippen LogP contribution in [0.3, 0.4) is 0 Å². The van der Waals surface area contributed by atoms with Crippen molar-refractivity contribution in [3.8, 4) is 0 Å². The lowest BCUT2D eigenvalue weighted by Gasteiger charge is -2.25. The van der Waals surface area contributed by atoms with E-state index in [9.17, 15) is 0 Å². The highest BCUT2D eigenvalue weighted by atomic mass is 32.2. The quantitative estimate of drug-likeness (QED) is 0.793. The third kappa shape index (κ3) is 4.25. The zero-order chi connectivity index (χ0) is 15.3. The van der Waals surface area contributed by atoms with Gasteiger partial charge in [-0.15, -0.1) is 0 Å². The smallest absolute Gasteiger partial charge is 0.135 e. The Labute approximate surface area is 132 Å². The summed E-state index contributed by atoms with van der Waals surface area (Å²) in [5.74, 6) is 3.65. The molecular formula is C16H28N4S. The van der Waals surface area contributed by atoms with Crippen LogP contribution in [0, 0.1) is 0 Å². The number of nitrogens with one attached hydrogen (secondary N) is 2. The van der Waals surface area contributed by atoms with Crippen molar-refractivity contribution in [2.45, 2.75) is 57.6 Å². The second kappa shape index (κ2) is 7.34. The first-order valence-corrected chi connectivity index (χ1v) is 9.01. The molecule has 2 heterocycles. The normalized spacial score (nSPS) is 21.8. The van der Waals surface area contributed by atoms with Crippen molar-refractivity contribution in [3.05, 3.63) is 11.9 Å². The minimum Gasteiger partial charge on any atom is -0.370 e. The van der Waals surface area contributed by atoms with Gasteiger partial charge in [-0.05, 0) is 37.9 Å². The number of anilines is 2. The number of hydrogen-bond acceptors (Lipinski definition) is 5. The molecule has 1 fully saturated rings. The van der Waals surface area contributed by atoms with Crippen LogP contribution in [0.15, 0.2) is 6.33 Å². The number of nitrogens with zero attached hydrogens (tertiary/aromatic N) is 2.